The minimum atomic E-state index is -0.950. The van der Waals surface area contributed by atoms with Crippen molar-refractivity contribution in [3.8, 4) is 0 Å². The zero-order chi connectivity index (χ0) is 11.0. The first-order chi connectivity index (χ1) is 7.09. The number of halogens is 1. The van der Waals surface area contributed by atoms with Crippen LogP contribution in [-0.2, 0) is 0 Å². The first-order valence-electron chi connectivity index (χ1n) is 4.32. The topological polar surface area (TPSA) is 68.0 Å². The molecule has 0 saturated carbocycles. The van der Waals surface area contributed by atoms with Crippen LogP contribution in [0.3, 0.4) is 0 Å². The maximum absolute atomic E-state index is 10.7. The molecule has 0 bridgehead atoms. The SMILES string of the molecule is CC(I)n1nnc2cc(C(=O)O)ccc21. The fraction of sp³-hybridized carbons (Fsp3) is 0.222. The monoisotopic (exact) mass is 317 g/mol. The smallest absolute Gasteiger partial charge is 0.335 e. The van der Waals surface area contributed by atoms with Crippen molar-refractivity contribution in [1.82, 2.24) is 15.0 Å². The Bertz CT molecular complexity index is 521. The predicted molar refractivity (Wildman–Crippen MR) is 63.2 cm³/mol. The van der Waals surface area contributed by atoms with Gasteiger partial charge in [-0.2, -0.15) is 0 Å². The first-order valence-corrected chi connectivity index (χ1v) is 5.56. The van der Waals surface area contributed by atoms with Gasteiger partial charge in [0.05, 0.1) is 11.1 Å². The second kappa shape index (κ2) is 3.76. The number of benzene rings is 1. The molecular formula is C9H8IN3O2. The van der Waals surface area contributed by atoms with Crippen molar-refractivity contribution in [3.05, 3.63) is 23.8 Å². The van der Waals surface area contributed by atoms with E-state index in [0.29, 0.717) is 5.52 Å². The fourth-order valence-corrected chi connectivity index (χ4v) is 1.75. The van der Waals surface area contributed by atoms with Crippen molar-refractivity contribution in [2.24, 2.45) is 0 Å². The van der Waals surface area contributed by atoms with Gasteiger partial charge in [-0.15, -0.1) is 5.10 Å². The van der Waals surface area contributed by atoms with Gasteiger partial charge in [-0.05, 0) is 25.1 Å². The average molecular weight is 317 g/mol. The molecule has 2 aromatic rings. The van der Waals surface area contributed by atoms with Crippen molar-refractivity contribution in [3.63, 3.8) is 0 Å². The van der Waals surface area contributed by atoms with E-state index in [1.54, 1.807) is 16.8 Å². The molecule has 1 unspecified atom stereocenters. The minimum absolute atomic E-state index is 0.184. The van der Waals surface area contributed by atoms with Gasteiger partial charge in [0.1, 0.15) is 9.57 Å². The highest BCUT2D eigenvalue weighted by Crippen LogP contribution is 2.20. The molecule has 5 nitrogen and oxygen atoms in total. The van der Waals surface area contributed by atoms with Crippen LogP contribution >= 0.6 is 22.6 Å². The summed E-state index contributed by atoms with van der Waals surface area (Å²) in [4.78, 5) is 10.7. The molecule has 2 rings (SSSR count). The standard InChI is InChI=1S/C9H8IN3O2/c1-5(10)13-8-3-2-6(9(14)15)4-7(8)11-12-13/h2-5H,1H3,(H,14,15). The molecule has 0 aliphatic carbocycles. The summed E-state index contributed by atoms with van der Waals surface area (Å²) in [6.07, 6.45) is 0. The second-order valence-electron chi connectivity index (χ2n) is 3.12. The molecule has 1 atom stereocenters. The number of hydrogen-bond acceptors (Lipinski definition) is 3. The Kier molecular flexibility index (Phi) is 2.59. The molecule has 0 aliphatic rings. The Balaban J connectivity index is 2.61. The minimum Gasteiger partial charge on any atom is -0.478 e. The van der Waals surface area contributed by atoms with Crippen molar-refractivity contribution >= 4 is 39.6 Å². The third-order valence-corrected chi connectivity index (χ3v) is 2.58. The van der Waals surface area contributed by atoms with Crippen LogP contribution in [0.4, 0.5) is 0 Å². The van der Waals surface area contributed by atoms with Crippen LogP contribution < -0.4 is 0 Å². The number of alkyl halides is 1. The van der Waals surface area contributed by atoms with E-state index in [1.165, 1.54) is 6.07 Å². The van der Waals surface area contributed by atoms with Gasteiger partial charge in [0.25, 0.3) is 0 Å². The number of fused-ring (bicyclic) bond motifs is 1. The number of carboxylic acids is 1. The normalized spacial score (nSPS) is 12.9. The van der Waals surface area contributed by atoms with Gasteiger partial charge in [-0.1, -0.05) is 27.8 Å². The van der Waals surface area contributed by atoms with Crippen LogP contribution in [0.1, 0.15) is 21.3 Å². The molecule has 1 aromatic carbocycles. The molecule has 1 aromatic heterocycles. The van der Waals surface area contributed by atoms with Crippen LogP contribution in [0.2, 0.25) is 0 Å². The summed E-state index contributed by atoms with van der Waals surface area (Å²) in [5.41, 5.74) is 1.69. The maximum atomic E-state index is 10.7. The summed E-state index contributed by atoms with van der Waals surface area (Å²) in [6, 6.07) is 4.82. The molecule has 1 N–H and O–H groups in total. The van der Waals surface area contributed by atoms with Crippen LogP contribution in [-0.4, -0.2) is 26.1 Å². The molecule has 6 heteroatoms. The third kappa shape index (κ3) is 1.81. The Hall–Kier alpha value is -1.18. The lowest BCUT2D eigenvalue weighted by Gasteiger charge is -2.03. The highest BCUT2D eigenvalue weighted by molar-refractivity contribution is 14.1. The molecule has 0 aliphatic heterocycles. The van der Waals surface area contributed by atoms with Crippen molar-refractivity contribution in [2.75, 3.05) is 0 Å². The highest BCUT2D eigenvalue weighted by Gasteiger charge is 2.10. The molecule has 0 spiro atoms. The molecule has 0 amide bonds. The quantitative estimate of drug-likeness (QED) is 0.680. The van der Waals surface area contributed by atoms with E-state index in [2.05, 4.69) is 32.9 Å². The van der Waals surface area contributed by atoms with Crippen molar-refractivity contribution in [2.45, 2.75) is 11.0 Å². The van der Waals surface area contributed by atoms with Crippen LogP contribution in [0.15, 0.2) is 18.2 Å². The zero-order valence-electron chi connectivity index (χ0n) is 7.88. The van der Waals surface area contributed by atoms with Crippen LogP contribution in [0.25, 0.3) is 11.0 Å². The highest BCUT2D eigenvalue weighted by atomic mass is 127. The van der Waals surface area contributed by atoms with Gasteiger partial charge < -0.3 is 5.11 Å². The van der Waals surface area contributed by atoms with Gasteiger partial charge in [0, 0.05) is 0 Å². The summed E-state index contributed by atoms with van der Waals surface area (Å²) in [5.74, 6) is -0.950. The van der Waals surface area contributed by atoms with Crippen LogP contribution in [0.5, 0.6) is 0 Å². The molecule has 0 saturated heterocycles. The first kappa shape index (κ1) is 10.3. The van der Waals surface area contributed by atoms with E-state index in [1.807, 2.05) is 6.92 Å². The number of carboxylic acid groups (broad SMARTS) is 1. The largest absolute Gasteiger partial charge is 0.478 e. The summed E-state index contributed by atoms with van der Waals surface area (Å²) < 4.78 is 1.94. The van der Waals surface area contributed by atoms with Gasteiger partial charge >= 0.3 is 5.97 Å². The molecular weight excluding hydrogens is 309 g/mol. The number of hydrogen-bond donors (Lipinski definition) is 1. The summed E-state index contributed by atoms with van der Waals surface area (Å²) in [6.45, 7) is 1.99. The Labute approximate surface area is 99.2 Å². The summed E-state index contributed by atoms with van der Waals surface area (Å²) in [5, 5.41) is 16.7. The Morgan fingerprint density at radius 3 is 2.93 bits per heavy atom. The van der Waals surface area contributed by atoms with E-state index < -0.39 is 5.97 Å². The molecule has 15 heavy (non-hydrogen) atoms. The fourth-order valence-electron chi connectivity index (χ4n) is 1.34. The van der Waals surface area contributed by atoms with Gasteiger partial charge in [0.2, 0.25) is 0 Å². The van der Waals surface area contributed by atoms with Gasteiger partial charge in [0.15, 0.2) is 0 Å². The van der Waals surface area contributed by atoms with E-state index in [4.69, 9.17) is 5.11 Å². The Morgan fingerprint density at radius 2 is 2.33 bits per heavy atom. The molecule has 78 valence electrons. The Morgan fingerprint density at radius 1 is 1.60 bits per heavy atom. The van der Waals surface area contributed by atoms with E-state index in [-0.39, 0.29) is 9.61 Å². The number of nitrogens with zero attached hydrogens (tertiary/aromatic N) is 3. The average Bonchev–Trinajstić information content (AvgIpc) is 2.59. The van der Waals surface area contributed by atoms with E-state index in [0.717, 1.165) is 5.52 Å². The van der Waals surface area contributed by atoms with Gasteiger partial charge in [-0.25, -0.2) is 9.48 Å². The zero-order valence-corrected chi connectivity index (χ0v) is 10.0. The van der Waals surface area contributed by atoms with Crippen molar-refractivity contribution < 1.29 is 9.90 Å². The predicted octanol–water partition coefficient (Wildman–Crippen LogP) is 2.08. The lowest BCUT2D eigenvalue weighted by atomic mass is 10.2. The third-order valence-electron chi connectivity index (χ3n) is 2.06. The second-order valence-corrected chi connectivity index (χ2v) is 4.92. The summed E-state index contributed by atoms with van der Waals surface area (Å²) in [7, 11) is 0. The lowest BCUT2D eigenvalue weighted by Crippen LogP contribution is -2.00. The molecule has 1 heterocycles. The molecule has 0 radical (unpaired) electrons. The number of aromatic carboxylic acids is 1. The van der Waals surface area contributed by atoms with Gasteiger partial charge in [-0.3, -0.25) is 0 Å². The number of rotatable bonds is 2. The van der Waals surface area contributed by atoms with Crippen molar-refractivity contribution in [1.29, 1.82) is 0 Å². The van der Waals surface area contributed by atoms with E-state index in [9.17, 15) is 4.79 Å². The van der Waals surface area contributed by atoms with E-state index >= 15 is 0 Å². The lowest BCUT2D eigenvalue weighted by molar-refractivity contribution is 0.0697. The number of carbonyl (C=O) groups is 1. The van der Waals surface area contributed by atoms with Crippen LogP contribution in [0, 0.1) is 0 Å². The molecule has 0 fully saturated rings. The number of aromatic nitrogens is 3. The maximum Gasteiger partial charge on any atom is 0.335 e. The summed E-state index contributed by atoms with van der Waals surface area (Å²) >= 11 is 2.22.